The highest BCUT2D eigenvalue weighted by atomic mass is 32.1. The van der Waals surface area contributed by atoms with Crippen LogP contribution in [-0.4, -0.2) is 41.1 Å². The summed E-state index contributed by atoms with van der Waals surface area (Å²) in [5.41, 5.74) is 0. The molecule has 2 rings (SSSR count). The molecular formula is C9H14N2O2S. The van der Waals surface area contributed by atoms with E-state index in [2.05, 4.69) is 17.9 Å². The molecule has 0 spiro atoms. The number of rotatable bonds is 1. The Labute approximate surface area is 88.4 Å². The van der Waals surface area contributed by atoms with Crippen LogP contribution >= 0.6 is 12.6 Å². The van der Waals surface area contributed by atoms with E-state index < -0.39 is 0 Å². The SMILES string of the molecule is O=C1NCCCC1N1CC(S)CC1=O. The van der Waals surface area contributed by atoms with Crippen LogP contribution in [0.1, 0.15) is 19.3 Å². The first-order valence-electron chi connectivity index (χ1n) is 4.94. The van der Waals surface area contributed by atoms with Crippen molar-refractivity contribution in [1.82, 2.24) is 10.2 Å². The van der Waals surface area contributed by atoms with Gasteiger partial charge in [0.2, 0.25) is 11.8 Å². The number of piperidine rings is 1. The molecule has 0 aromatic carbocycles. The van der Waals surface area contributed by atoms with Gasteiger partial charge in [-0.3, -0.25) is 9.59 Å². The molecule has 0 bridgehead atoms. The molecule has 2 aliphatic rings. The molecule has 2 aliphatic heterocycles. The van der Waals surface area contributed by atoms with E-state index in [0.717, 1.165) is 19.4 Å². The maximum absolute atomic E-state index is 11.5. The van der Waals surface area contributed by atoms with Crippen molar-refractivity contribution in [3.8, 4) is 0 Å². The minimum atomic E-state index is -0.242. The summed E-state index contributed by atoms with van der Waals surface area (Å²) in [7, 11) is 0. The lowest BCUT2D eigenvalue weighted by Gasteiger charge is -2.30. The quantitative estimate of drug-likeness (QED) is 0.594. The lowest BCUT2D eigenvalue weighted by atomic mass is 10.1. The largest absolute Gasteiger partial charge is 0.354 e. The van der Waals surface area contributed by atoms with E-state index in [0.29, 0.717) is 13.0 Å². The Morgan fingerprint density at radius 3 is 2.79 bits per heavy atom. The van der Waals surface area contributed by atoms with Gasteiger partial charge in [0.25, 0.3) is 0 Å². The fourth-order valence-corrected chi connectivity index (χ4v) is 2.40. The standard InChI is InChI=1S/C9H14N2O2S/c12-8-4-6(14)5-11(8)7-2-1-3-10-9(7)13/h6-7,14H,1-5H2,(H,10,13). The van der Waals surface area contributed by atoms with Crippen LogP contribution in [0.25, 0.3) is 0 Å². The van der Waals surface area contributed by atoms with Gasteiger partial charge in [-0.05, 0) is 12.8 Å². The summed E-state index contributed by atoms with van der Waals surface area (Å²) in [5.74, 6) is 0.0547. The second-order valence-electron chi connectivity index (χ2n) is 3.85. The zero-order valence-corrected chi connectivity index (χ0v) is 8.80. The molecule has 2 heterocycles. The predicted molar refractivity (Wildman–Crippen MR) is 55.1 cm³/mol. The van der Waals surface area contributed by atoms with Gasteiger partial charge in [0.05, 0.1) is 0 Å². The Balaban J connectivity index is 2.06. The molecule has 2 amide bonds. The lowest BCUT2D eigenvalue weighted by Crippen LogP contribution is -2.51. The van der Waals surface area contributed by atoms with Crippen molar-refractivity contribution in [3.05, 3.63) is 0 Å². The number of hydrogen-bond donors (Lipinski definition) is 2. The molecule has 2 unspecified atom stereocenters. The minimum absolute atomic E-state index is 0.00738. The molecule has 2 saturated heterocycles. The van der Waals surface area contributed by atoms with Gasteiger partial charge >= 0.3 is 0 Å². The number of amides is 2. The molecular weight excluding hydrogens is 200 g/mol. The fraction of sp³-hybridized carbons (Fsp3) is 0.778. The van der Waals surface area contributed by atoms with Crippen LogP contribution in [0.4, 0.5) is 0 Å². The maximum Gasteiger partial charge on any atom is 0.242 e. The van der Waals surface area contributed by atoms with E-state index in [-0.39, 0.29) is 23.1 Å². The smallest absolute Gasteiger partial charge is 0.242 e. The number of hydrogen-bond acceptors (Lipinski definition) is 3. The van der Waals surface area contributed by atoms with Crippen molar-refractivity contribution in [2.75, 3.05) is 13.1 Å². The van der Waals surface area contributed by atoms with Crippen LogP contribution < -0.4 is 5.32 Å². The van der Waals surface area contributed by atoms with E-state index >= 15 is 0 Å². The number of nitrogens with zero attached hydrogens (tertiary/aromatic N) is 1. The van der Waals surface area contributed by atoms with Crippen LogP contribution in [-0.2, 0) is 9.59 Å². The fourth-order valence-electron chi connectivity index (χ4n) is 2.07. The van der Waals surface area contributed by atoms with Crippen molar-refractivity contribution < 1.29 is 9.59 Å². The number of thiol groups is 1. The van der Waals surface area contributed by atoms with Gasteiger partial charge in [0.1, 0.15) is 6.04 Å². The van der Waals surface area contributed by atoms with Crippen molar-refractivity contribution in [1.29, 1.82) is 0 Å². The number of carbonyl (C=O) groups is 2. The second-order valence-corrected chi connectivity index (χ2v) is 4.58. The molecule has 2 fully saturated rings. The molecule has 0 saturated carbocycles. The number of likely N-dealkylation sites (tertiary alicyclic amines) is 1. The predicted octanol–water partition coefficient (Wildman–Crippen LogP) is -0.204. The van der Waals surface area contributed by atoms with Crippen LogP contribution in [0.3, 0.4) is 0 Å². The monoisotopic (exact) mass is 214 g/mol. The molecule has 14 heavy (non-hydrogen) atoms. The molecule has 0 aromatic heterocycles. The zero-order chi connectivity index (χ0) is 10.1. The molecule has 0 radical (unpaired) electrons. The summed E-state index contributed by atoms with van der Waals surface area (Å²) in [6.45, 7) is 1.35. The van der Waals surface area contributed by atoms with E-state index in [1.807, 2.05) is 0 Å². The Bertz CT molecular complexity index is 262. The summed E-state index contributed by atoms with van der Waals surface area (Å²) in [6, 6.07) is -0.242. The molecule has 0 aromatic rings. The molecule has 1 N–H and O–H groups in total. The molecule has 78 valence electrons. The van der Waals surface area contributed by atoms with Gasteiger partial charge in [-0.15, -0.1) is 0 Å². The first-order chi connectivity index (χ1) is 6.68. The Morgan fingerprint density at radius 1 is 1.43 bits per heavy atom. The van der Waals surface area contributed by atoms with E-state index in [1.54, 1.807) is 4.90 Å². The summed E-state index contributed by atoms with van der Waals surface area (Å²) in [6.07, 6.45) is 2.21. The molecule has 0 aliphatic carbocycles. The normalized spacial score (nSPS) is 33.4. The van der Waals surface area contributed by atoms with Gasteiger partial charge in [-0.25, -0.2) is 0 Å². The van der Waals surface area contributed by atoms with Crippen LogP contribution in [0.15, 0.2) is 0 Å². The van der Waals surface area contributed by atoms with E-state index in [4.69, 9.17) is 0 Å². The van der Waals surface area contributed by atoms with E-state index in [9.17, 15) is 9.59 Å². The molecule has 2 atom stereocenters. The third-order valence-corrected chi connectivity index (χ3v) is 3.12. The highest BCUT2D eigenvalue weighted by Gasteiger charge is 2.37. The topological polar surface area (TPSA) is 49.4 Å². The Morgan fingerprint density at radius 2 is 2.21 bits per heavy atom. The third-order valence-electron chi connectivity index (χ3n) is 2.77. The van der Waals surface area contributed by atoms with Crippen molar-refractivity contribution in [3.63, 3.8) is 0 Å². The summed E-state index contributed by atoms with van der Waals surface area (Å²) in [4.78, 5) is 24.7. The minimum Gasteiger partial charge on any atom is -0.354 e. The summed E-state index contributed by atoms with van der Waals surface area (Å²) < 4.78 is 0. The highest BCUT2D eigenvalue weighted by Crippen LogP contribution is 2.22. The van der Waals surface area contributed by atoms with Gasteiger partial charge in [-0.1, -0.05) is 0 Å². The van der Waals surface area contributed by atoms with E-state index in [1.165, 1.54) is 0 Å². The average Bonchev–Trinajstić information content (AvgIpc) is 2.46. The first-order valence-corrected chi connectivity index (χ1v) is 5.45. The average molecular weight is 214 g/mol. The Kier molecular flexibility index (Phi) is 2.67. The molecule has 4 nitrogen and oxygen atoms in total. The van der Waals surface area contributed by atoms with Gasteiger partial charge in [0, 0.05) is 24.8 Å². The Hall–Kier alpha value is -0.710. The van der Waals surface area contributed by atoms with Gasteiger partial charge in [-0.2, -0.15) is 12.6 Å². The van der Waals surface area contributed by atoms with Crippen molar-refractivity contribution in [2.45, 2.75) is 30.6 Å². The lowest BCUT2D eigenvalue weighted by molar-refractivity contribution is -0.138. The first kappa shape index (κ1) is 9.83. The zero-order valence-electron chi connectivity index (χ0n) is 7.90. The van der Waals surface area contributed by atoms with Gasteiger partial charge < -0.3 is 10.2 Å². The van der Waals surface area contributed by atoms with Crippen LogP contribution in [0, 0.1) is 0 Å². The summed E-state index contributed by atoms with van der Waals surface area (Å²) >= 11 is 4.27. The third kappa shape index (κ3) is 1.73. The van der Waals surface area contributed by atoms with Crippen molar-refractivity contribution in [2.24, 2.45) is 0 Å². The van der Waals surface area contributed by atoms with Crippen LogP contribution in [0.5, 0.6) is 0 Å². The second kappa shape index (κ2) is 3.81. The van der Waals surface area contributed by atoms with Gasteiger partial charge in [0.15, 0.2) is 0 Å². The number of carbonyl (C=O) groups excluding carboxylic acids is 2. The van der Waals surface area contributed by atoms with Crippen molar-refractivity contribution >= 4 is 24.4 Å². The molecule has 5 heteroatoms. The summed E-state index contributed by atoms with van der Waals surface area (Å²) in [5, 5.41) is 2.88. The maximum atomic E-state index is 11.5. The highest BCUT2D eigenvalue weighted by molar-refractivity contribution is 7.81. The van der Waals surface area contributed by atoms with Crippen LogP contribution in [0.2, 0.25) is 0 Å². The number of nitrogens with one attached hydrogen (secondary N) is 1.